The summed E-state index contributed by atoms with van der Waals surface area (Å²) in [7, 11) is 0. The molecule has 0 aromatic heterocycles. The lowest BCUT2D eigenvalue weighted by molar-refractivity contribution is -0.142. The molecular weight excluding hydrogens is 342 g/mol. The van der Waals surface area contributed by atoms with E-state index in [9.17, 15) is 14.4 Å². The number of carbonyl (C=O) groups is 3. The molecule has 6 heteroatoms. The van der Waals surface area contributed by atoms with Gasteiger partial charge in [0.05, 0.1) is 6.04 Å². The first kappa shape index (κ1) is 19.7. The molecular formula is C21H31N3O3. The molecule has 0 radical (unpaired) electrons. The number of amides is 3. The minimum Gasteiger partial charge on any atom is -0.356 e. The van der Waals surface area contributed by atoms with Gasteiger partial charge in [0.25, 0.3) is 0 Å². The van der Waals surface area contributed by atoms with Crippen LogP contribution in [0.2, 0.25) is 0 Å². The normalized spacial score (nSPS) is 32.3. The number of rotatable bonds is 5. The van der Waals surface area contributed by atoms with Crippen LogP contribution in [0.5, 0.6) is 0 Å². The topological polar surface area (TPSA) is 78.5 Å². The van der Waals surface area contributed by atoms with E-state index in [0.717, 1.165) is 12.8 Å². The minimum atomic E-state index is -0.497. The minimum absolute atomic E-state index is 0.0108. The molecule has 0 aromatic rings. The summed E-state index contributed by atoms with van der Waals surface area (Å²) in [5, 5.41) is 5.80. The van der Waals surface area contributed by atoms with Crippen LogP contribution in [-0.4, -0.2) is 47.8 Å². The molecule has 1 aliphatic carbocycles. The summed E-state index contributed by atoms with van der Waals surface area (Å²) < 4.78 is 0. The van der Waals surface area contributed by atoms with Crippen LogP contribution in [0.1, 0.15) is 47.0 Å². The van der Waals surface area contributed by atoms with Gasteiger partial charge in [0, 0.05) is 24.9 Å². The standard InChI is InChI=1S/C21H31N3O3/c1-6-14(10-13-8-7-9-22-18(13)25)23-19(26)17-16-15(21(16,4)5)11-24(17)20(27)12(2)3/h1,12-17H,7-11H2,2-5H3,(H,22,25)(H,23,26). The molecule has 2 N–H and O–H groups in total. The Bertz CT molecular complexity index is 679. The number of hydrogen-bond acceptors (Lipinski definition) is 3. The van der Waals surface area contributed by atoms with E-state index in [1.165, 1.54) is 0 Å². The van der Waals surface area contributed by atoms with E-state index >= 15 is 0 Å². The van der Waals surface area contributed by atoms with Crippen molar-refractivity contribution >= 4 is 17.7 Å². The van der Waals surface area contributed by atoms with Crippen LogP contribution in [0.3, 0.4) is 0 Å². The molecule has 0 spiro atoms. The second-order valence-corrected chi connectivity index (χ2v) is 9.14. The van der Waals surface area contributed by atoms with Crippen LogP contribution < -0.4 is 10.6 Å². The van der Waals surface area contributed by atoms with Crippen molar-refractivity contribution in [2.24, 2.45) is 29.1 Å². The van der Waals surface area contributed by atoms with Crippen molar-refractivity contribution in [1.29, 1.82) is 0 Å². The highest BCUT2D eigenvalue weighted by Gasteiger charge is 2.69. The zero-order valence-electron chi connectivity index (χ0n) is 16.7. The molecule has 3 amide bonds. The molecule has 2 heterocycles. The lowest BCUT2D eigenvalue weighted by Crippen LogP contribution is -2.53. The number of fused-ring (bicyclic) bond motifs is 1. The van der Waals surface area contributed by atoms with Crippen LogP contribution >= 0.6 is 0 Å². The summed E-state index contributed by atoms with van der Waals surface area (Å²) in [6.07, 6.45) is 7.81. The van der Waals surface area contributed by atoms with Crippen molar-refractivity contribution in [2.45, 2.75) is 59.0 Å². The van der Waals surface area contributed by atoms with Crippen molar-refractivity contribution in [3.63, 3.8) is 0 Å². The predicted octanol–water partition coefficient (Wildman–Crippen LogP) is 1.16. The van der Waals surface area contributed by atoms with Crippen LogP contribution in [0.4, 0.5) is 0 Å². The van der Waals surface area contributed by atoms with E-state index < -0.39 is 12.1 Å². The second-order valence-electron chi connectivity index (χ2n) is 9.14. The molecule has 2 aliphatic heterocycles. The molecule has 3 aliphatic rings. The van der Waals surface area contributed by atoms with E-state index in [4.69, 9.17) is 6.42 Å². The molecule has 27 heavy (non-hydrogen) atoms. The first-order chi connectivity index (χ1) is 12.7. The summed E-state index contributed by atoms with van der Waals surface area (Å²) in [4.78, 5) is 39.4. The van der Waals surface area contributed by atoms with Crippen molar-refractivity contribution < 1.29 is 14.4 Å². The average Bonchev–Trinajstić information content (AvgIpc) is 2.97. The predicted molar refractivity (Wildman–Crippen MR) is 102 cm³/mol. The Morgan fingerprint density at radius 2 is 2.11 bits per heavy atom. The number of carbonyl (C=O) groups excluding carboxylic acids is 3. The molecule has 148 valence electrons. The molecule has 5 atom stereocenters. The summed E-state index contributed by atoms with van der Waals surface area (Å²) in [6, 6.07) is -0.959. The molecule has 0 aromatic carbocycles. The maximum absolute atomic E-state index is 13.1. The maximum atomic E-state index is 13.1. The van der Waals surface area contributed by atoms with E-state index in [2.05, 4.69) is 30.4 Å². The smallest absolute Gasteiger partial charge is 0.244 e. The fourth-order valence-electron chi connectivity index (χ4n) is 4.92. The number of terminal acetylenes is 1. The third-order valence-corrected chi connectivity index (χ3v) is 6.69. The van der Waals surface area contributed by atoms with E-state index in [1.54, 1.807) is 4.90 Å². The highest BCUT2D eigenvalue weighted by Crippen LogP contribution is 2.65. The van der Waals surface area contributed by atoms with Gasteiger partial charge in [-0.25, -0.2) is 0 Å². The zero-order valence-corrected chi connectivity index (χ0v) is 16.7. The zero-order chi connectivity index (χ0) is 19.9. The van der Waals surface area contributed by atoms with Gasteiger partial charge in [-0.05, 0) is 36.5 Å². The summed E-state index contributed by atoms with van der Waals surface area (Å²) in [5.74, 6) is 2.71. The third kappa shape index (κ3) is 3.56. The van der Waals surface area contributed by atoms with Gasteiger partial charge >= 0.3 is 0 Å². The molecule has 2 saturated heterocycles. The van der Waals surface area contributed by atoms with Gasteiger partial charge in [0.1, 0.15) is 6.04 Å². The maximum Gasteiger partial charge on any atom is 0.244 e. The number of piperidine rings is 2. The summed E-state index contributed by atoms with van der Waals surface area (Å²) in [5.41, 5.74) is 0.0741. The van der Waals surface area contributed by atoms with Gasteiger partial charge in [0.15, 0.2) is 0 Å². The van der Waals surface area contributed by atoms with Crippen LogP contribution in [0.15, 0.2) is 0 Å². The fourth-order valence-corrected chi connectivity index (χ4v) is 4.92. The summed E-state index contributed by atoms with van der Waals surface area (Å²) in [6.45, 7) is 9.37. The Morgan fingerprint density at radius 1 is 1.41 bits per heavy atom. The first-order valence-electron chi connectivity index (χ1n) is 10.0. The average molecular weight is 373 g/mol. The monoisotopic (exact) mass is 373 g/mol. The third-order valence-electron chi connectivity index (χ3n) is 6.69. The van der Waals surface area contributed by atoms with E-state index in [-0.39, 0.29) is 40.9 Å². The van der Waals surface area contributed by atoms with Crippen molar-refractivity contribution in [2.75, 3.05) is 13.1 Å². The van der Waals surface area contributed by atoms with Gasteiger partial charge < -0.3 is 15.5 Å². The second kappa shape index (κ2) is 7.18. The number of hydrogen-bond donors (Lipinski definition) is 2. The Kier molecular flexibility index (Phi) is 5.24. The Labute approximate surface area is 161 Å². The van der Waals surface area contributed by atoms with Gasteiger partial charge in [0.2, 0.25) is 17.7 Å². The molecule has 0 bridgehead atoms. The number of nitrogens with one attached hydrogen (secondary N) is 2. The first-order valence-corrected chi connectivity index (χ1v) is 10.0. The Morgan fingerprint density at radius 3 is 2.70 bits per heavy atom. The van der Waals surface area contributed by atoms with Gasteiger partial charge in [-0.3, -0.25) is 14.4 Å². The number of nitrogens with zero attached hydrogens (tertiary/aromatic N) is 1. The van der Waals surface area contributed by atoms with Crippen LogP contribution in [0, 0.1) is 41.4 Å². The Balaban J connectivity index is 1.69. The van der Waals surface area contributed by atoms with Crippen LogP contribution in [0.25, 0.3) is 0 Å². The molecule has 6 nitrogen and oxygen atoms in total. The lowest BCUT2D eigenvalue weighted by atomic mass is 9.91. The van der Waals surface area contributed by atoms with Gasteiger partial charge in [-0.1, -0.05) is 33.6 Å². The van der Waals surface area contributed by atoms with Gasteiger partial charge in [-0.15, -0.1) is 6.42 Å². The van der Waals surface area contributed by atoms with E-state index in [1.807, 2.05) is 13.8 Å². The highest BCUT2D eigenvalue weighted by atomic mass is 16.2. The van der Waals surface area contributed by atoms with Crippen molar-refractivity contribution in [1.82, 2.24) is 15.5 Å². The van der Waals surface area contributed by atoms with Gasteiger partial charge in [-0.2, -0.15) is 0 Å². The Hall–Kier alpha value is -2.03. The van der Waals surface area contributed by atoms with Crippen molar-refractivity contribution in [3.8, 4) is 12.3 Å². The molecule has 5 unspecified atom stereocenters. The molecule has 1 saturated carbocycles. The van der Waals surface area contributed by atoms with Crippen molar-refractivity contribution in [3.05, 3.63) is 0 Å². The molecule has 3 rings (SSSR count). The summed E-state index contributed by atoms with van der Waals surface area (Å²) >= 11 is 0. The van der Waals surface area contributed by atoms with E-state index in [0.29, 0.717) is 25.4 Å². The fraction of sp³-hybridized carbons (Fsp3) is 0.762. The quantitative estimate of drug-likeness (QED) is 0.710. The number of likely N-dealkylation sites (tertiary alicyclic amines) is 1. The SMILES string of the molecule is C#CC(CC1CCCNC1=O)NC(=O)C1C2C(CN1C(=O)C(C)C)C2(C)C. The largest absolute Gasteiger partial charge is 0.356 e. The molecule has 3 fully saturated rings. The highest BCUT2D eigenvalue weighted by molar-refractivity contribution is 5.90. The lowest BCUT2D eigenvalue weighted by Gasteiger charge is -2.32. The van der Waals surface area contributed by atoms with Crippen LogP contribution in [-0.2, 0) is 14.4 Å².